The molecule has 0 saturated heterocycles. The zero-order chi connectivity index (χ0) is 22.8. The number of fused-ring (bicyclic) bond motifs is 2. The lowest BCUT2D eigenvalue weighted by Gasteiger charge is -2.10. The number of nitrogens with one attached hydrogen (secondary N) is 1. The minimum absolute atomic E-state index is 0.326. The molecule has 0 unspecified atom stereocenters. The highest BCUT2D eigenvalue weighted by Crippen LogP contribution is 2.33. The Morgan fingerprint density at radius 2 is 1.82 bits per heavy atom. The number of ether oxygens (including phenoxy) is 1. The third kappa shape index (κ3) is 4.16. The first-order valence-corrected chi connectivity index (χ1v) is 10.4. The summed E-state index contributed by atoms with van der Waals surface area (Å²) in [4.78, 5) is 33.9. The van der Waals surface area contributed by atoms with Crippen molar-refractivity contribution >= 4 is 39.6 Å². The number of amides is 1. The number of rotatable bonds is 5. The number of aromatic nitrogens is 2. The van der Waals surface area contributed by atoms with Crippen molar-refractivity contribution in [2.45, 2.75) is 6.92 Å². The van der Waals surface area contributed by atoms with Gasteiger partial charge in [0.15, 0.2) is 12.2 Å². The van der Waals surface area contributed by atoms with E-state index in [1.54, 1.807) is 24.4 Å². The van der Waals surface area contributed by atoms with Gasteiger partial charge in [0.25, 0.3) is 5.91 Å². The van der Waals surface area contributed by atoms with Gasteiger partial charge in [-0.3, -0.25) is 4.79 Å². The molecule has 0 aliphatic carbocycles. The number of hydrogen-bond acceptors (Lipinski definition) is 6. The van der Waals surface area contributed by atoms with Gasteiger partial charge in [-0.25, -0.2) is 14.8 Å². The van der Waals surface area contributed by atoms with Crippen molar-refractivity contribution in [2.24, 2.45) is 0 Å². The van der Waals surface area contributed by atoms with Crippen molar-refractivity contribution in [2.75, 3.05) is 11.9 Å². The first-order valence-electron chi connectivity index (χ1n) is 10.4. The van der Waals surface area contributed by atoms with Crippen molar-refractivity contribution in [3.8, 4) is 11.5 Å². The average Bonchev–Trinajstić information content (AvgIpc) is 3.26. The van der Waals surface area contributed by atoms with Crippen molar-refractivity contribution in [1.29, 1.82) is 0 Å². The number of aryl methyl sites for hydroxylation is 1. The highest BCUT2D eigenvalue weighted by atomic mass is 16.5. The van der Waals surface area contributed by atoms with Gasteiger partial charge in [0.2, 0.25) is 5.89 Å². The van der Waals surface area contributed by atoms with Gasteiger partial charge in [-0.05, 0) is 54.3 Å². The molecule has 2 aromatic heterocycles. The fourth-order valence-corrected chi connectivity index (χ4v) is 3.67. The van der Waals surface area contributed by atoms with Gasteiger partial charge in [0, 0.05) is 17.1 Å². The Balaban J connectivity index is 1.43. The lowest BCUT2D eigenvalue weighted by molar-refractivity contribution is -0.119. The van der Waals surface area contributed by atoms with Crippen LogP contribution in [-0.2, 0) is 9.53 Å². The third-order valence-electron chi connectivity index (χ3n) is 5.17. The van der Waals surface area contributed by atoms with Gasteiger partial charge in [0.1, 0.15) is 11.3 Å². The topological polar surface area (TPSA) is 94.3 Å². The van der Waals surface area contributed by atoms with Crippen molar-refractivity contribution in [3.63, 3.8) is 0 Å². The molecule has 0 saturated carbocycles. The Morgan fingerprint density at radius 1 is 1.00 bits per heavy atom. The SMILES string of the molecule is Cc1ccnc(NC(=O)COC(=O)c2cccc3cccc(-c4nc5ccccc5o4)c23)c1. The maximum absolute atomic E-state index is 13.0. The number of benzene rings is 3. The Labute approximate surface area is 189 Å². The molecule has 0 radical (unpaired) electrons. The van der Waals surface area contributed by atoms with Crippen LogP contribution in [0.2, 0.25) is 0 Å². The van der Waals surface area contributed by atoms with E-state index < -0.39 is 18.5 Å². The van der Waals surface area contributed by atoms with E-state index in [9.17, 15) is 9.59 Å². The third-order valence-corrected chi connectivity index (χ3v) is 5.17. The molecular weight excluding hydrogens is 418 g/mol. The minimum Gasteiger partial charge on any atom is -0.452 e. The van der Waals surface area contributed by atoms with Gasteiger partial charge < -0.3 is 14.5 Å². The van der Waals surface area contributed by atoms with Crippen LogP contribution in [0.25, 0.3) is 33.3 Å². The molecule has 162 valence electrons. The standard InChI is InChI=1S/C26H19N3O4/c1-16-12-13-27-22(14-16)29-23(30)15-32-26(31)19-9-5-7-17-6-4-8-18(24(17)19)25-28-20-10-2-3-11-21(20)33-25/h2-14H,15H2,1H3,(H,27,29,30). The van der Waals surface area contributed by atoms with E-state index in [2.05, 4.69) is 15.3 Å². The zero-order valence-electron chi connectivity index (χ0n) is 17.7. The minimum atomic E-state index is -0.614. The second-order valence-corrected chi connectivity index (χ2v) is 7.54. The van der Waals surface area contributed by atoms with Crippen molar-refractivity contribution in [1.82, 2.24) is 9.97 Å². The van der Waals surface area contributed by atoms with Gasteiger partial charge in [-0.2, -0.15) is 0 Å². The van der Waals surface area contributed by atoms with Crippen LogP contribution < -0.4 is 5.32 Å². The fourth-order valence-electron chi connectivity index (χ4n) is 3.67. The van der Waals surface area contributed by atoms with Crippen molar-refractivity contribution in [3.05, 3.63) is 90.1 Å². The molecule has 2 heterocycles. The molecule has 5 aromatic rings. The predicted octanol–water partition coefficient (Wildman–Crippen LogP) is 5.15. The van der Waals surface area contributed by atoms with E-state index in [1.807, 2.05) is 61.5 Å². The molecule has 0 aliphatic heterocycles. The molecule has 1 N–H and O–H groups in total. The van der Waals surface area contributed by atoms with Crippen LogP contribution in [0.3, 0.4) is 0 Å². The summed E-state index contributed by atoms with van der Waals surface area (Å²) in [5.74, 6) is -0.276. The van der Waals surface area contributed by atoms with Crippen LogP contribution >= 0.6 is 0 Å². The molecule has 0 fully saturated rings. The first kappa shape index (κ1) is 20.4. The van der Waals surface area contributed by atoms with Crippen LogP contribution in [0.15, 0.2) is 83.4 Å². The number of anilines is 1. The molecule has 5 rings (SSSR count). The molecule has 0 aliphatic rings. The highest BCUT2D eigenvalue weighted by molar-refractivity contribution is 6.10. The van der Waals surface area contributed by atoms with Crippen LogP contribution in [0.1, 0.15) is 15.9 Å². The van der Waals surface area contributed by atoms with Gasteiger partial charge in [-0.1, -0.05) is 36.4 Å². The van der Waals surface area contributed by atoms with Crippen LogP contribution in [-0.4, -0.2) is 28.5 Å². The Kier molecular flexibility index (Phi) is 5.28. The van der Waals surface area contributed by atoms with E-state index in [4.69, 9.17) is 9.15 Å². The molecule has 0 spiro atoms. The predicted molar refractivity (Wildman–Crippen MR) is 125 cm³/mol. The first-order chi connectivity index (χ1) is 16.1. The summed E-state index contributed by atoms with van der Waals surface area (Å²) in [7, 11) is 0. The number of hydrogen-bond donors (Lipinski definition) is 1. The summed E-state index contributed by atoms with van der Waals surface area (Å²) >= 11 is 0. The molecule has 0 bridgehead atoms. The number of carbonyl (C=O) groups excluding carboxylic acids is 2. The van der Waals surface area contributed by atoms with E-state index in [1.165, 1.54) is 0 Å². The molecule has 3 aromatic carbocycles. The maximum atomic E-state index is 13.0. The summed E-state index contributed by atoms with van der Waals surface area (Å²) in [6.07, 6.45) is 1.60. The number of nitrogens with zero attached hydrogens (tertiary/aromatic N) is 2. The Morgan fingerprint density at radius 3 is 2.64 bits per heavy atom. The van der Waals surface area contributed by atoms with Crippen LogP contribution in [0.5, 0.6) is 0 Å². The van der Waals surface area contributed by atoms with Crippen molar-refractivity contribution < 1.29 is 18.7 Å². The molecule has 1 amide bonds. The second-order valence-electron chi connectivity index (χ2n) is 7.54. The molecule has 7 heteroatoms. The number of pyridine rings is 1. The van der Waals surface area contributed by atoms with E-state index in [0.717, 1.165) is 16.5 Å². The van der Waals surface area contributed by atoms with Crippen LogP contribution in [0, 0.1) is 6.92 Å². The summed E-state index contributed by atoms with van der Waals surface area (Å²) in [6.45, 7) is 1.46. The highest BCUT2D eigenvalue weighted by Gasteiger charge is 2.19. The second kappa shape index (κ2) is 8.55. The lowest BCUT2D eigenvalue weighted by Crippen LogP contribution is -2.21. The quantitative estimate of drug-likeness (QED) is 0.382. The number of para-hydroxylation sites is 2. The van der Waals surface area contributed by atoms with E-state index in [0.29, 0.717) is 33.8 Å². The number of esters is 1. The van der Waals surface area contributed by atoms with Gasteiger partial charge in [-0.15, -0.1) is 0 Å². The van der Waals surface area contributed by atoms with E-state index in [-0.39, 0.29) is 0 Å². The van der Waals surface area contributed by atoms with Crippen LogP contribution in [0.4, 0.5) is 5.82 Å². The summed E-state index contributed by atoms with van der Waals surface area (Å²) < 4.78 is 11.3. The molecule has 7 nitrogen and oxygen atoms in total. The largest absolute Gasteiger partial charge is 0.452 e. The summed E-state index contributed by atoms with van der Waals surface area (Å²) in [6, 6.07) is 22.0. The molecule has 33 heavy (non-hydrogen) atoms. The smallest absolute Gasteiger partial charge is 0.339 e. The normalized spacial score (nSPS) is 10.9. The lowest BCUT2D eigenvalue weighted by atomic mass is 9.99. The fraction of sp³-hybridized carbons (Fsp3) is 0.0769. The monoisotopic (exact) mass is 437 g/mol. The summed E-state index contributed by atoms with van der Waals surface area (Å²) in [5, 5.41) is 4.11. The maximum Gasteiger partial charge on any atom is 0.339 e. The number of oxazole rings is 1. The van der Waals surface area contributed by atoms with E-state index >= 15 is 0 Å². The Bertz CT molecular complexity index is 1470. The Hall–Kier alpha value is -4.52. The van der Waals surface area contributed by atoms with Gasteiger partial charge in [0.05, 0.1) is 5.56 Å². The zero-order valence-corrected chi connectivity index (χ0v) is 17.7. The molecule has 0 atom stereocenters. The summed E-state index contributed by atoms with van der Waals surface area (Å²) in [5.41, 5.74) is 3.34. The average molecular weight is 437 g/mol. The van der Waals surface area contributed by atoms with Gasteiger partial charge >= 0.3 is 5.97 Å². The number of carbonyl (C=O) groups is 2. The molecular formula is C26H19N3O4.